The van der Waals surface area contributed by atoms with E-state index in [1.54, 1.807) is 45.2 Å². The number of rotatable bonds is 4. The third-order valence-corrected chi connectivity index (χ3v) is 4.25. The fourth-order valence-electron chi connectivity index (χ4n) is 2.76. The minimum Gasteiger partial charge on any atom is -0.507 e. The molecule has 0 aliphatic heterocycles. The molecule has 0 amide bonds. The number of phenols is 1. The normalized spacial score (nSPS) is 11.2. The summed E-state index contributed by atoms with van der Waals surface area (Å²) in [7, 11) is 1.59. The Labute approximate surface area is 150 Å². The number of ketones is 1. The van der Waals surface area contributed by atoms with Gasteiger partial charge < -0.3 is 14.3 Å². The van der Waals surface area contributed by atoms with Crippen LogP contribution in [0, 0.1) is 13.8 Å². The average molecular weight is 350 g/mol. The first kappa shape index (κ1) is 17.5. The number of fused-ring (bicyclic) bond motifs is 1. The molecule has 1 aromatic heterocycles. The van der Waals surface area contributed by atoms with E-state index < -0.39 is 5.63 Å². The zero-order chi connectivity index (χ0) is 18.8. The summed E-state index contributed by atoms with van der Waals surface area (Å²) in [5, 5.41) is 11.0. The Balaban J connectivity index is 2.01. The highest BCUT2D eigenvalue weighted by molar-refractivity contribution is 6.11. The lowest BCUT2D eigenvalue weighted by Gasteiger charge is -2.09. The number of methoxy groups -OCH3 is 1. The van der Waals surface area contributed by atoms with Crippen molar-refractivity contribution < 1.29 is 19.1 Å². The smallest absolute Gasteiger partial charge is 0.336 e. The van der Waals surface area contributed by atoms with Crippen molar-refractivity contribution in [1.29, 1.82) is 0 Å². The highest BCUT2D eigenvalue weighted by Gasteiger charge is 2.17. The monoisotopic (exact) mass is 350 g/mol. The Morgan fingerprint density at radius 3 is 2.50 bits per heavy atom. The maximum Gasteiger partial charge on any atom is 0.336 e. The number of allylic oxidation sites excluding steroid dienone is 1. The van der Waals surface area contributed by atoms with Gasteiger partial charge in [0.15, 0.2) is 5.78 Å². The van der Waals surface area contributed by atoms with E-state index in [0.717, 1.165) is 11.3 Å². The van der Waals surface area contributed by atoms with E-state index in [9.17, 15) is 14.7 Å². The zero-order valence-electron chi connectivity index (χ0n) is 14.7. The van der Waals surface area contributed by atoms with Gasteiger partial charge in [0, 0.05) is 17.0 Å². The fourth-order valence-corrected chi connectivity index (χ4v) is 2.76. The average Bonchev–Trinajstić information content (AvgIpc) is 2.63. The van der Waals surface area contributed by atoms with Crippen LogP contribution in [0.15, 0.2) is 51.7 Å². The Morgan fingerprint density at radius 2 is 1.85 bits per heavy atom. The summed E-state index contributed by atoms with van der Waals surface area (Å²) in [5.41, 5.74) is 1.85. The molecule has 0 saturated heterocycles. The molecule has 0 unspecified atom stereocenters. The first-order valence-electron chi connectivity index (χ1n) is 8.04. The number of carbonyl (C=O) groups excluding carboxylic acids is 1. The van der Waals surface area contributed by atoms with Crippen LogP contribution in [-0.2, 0) is 0 Å². The number of aryl methyl sites for hydroxylation is 2. The van der Waals surface area contributed by atoms with Gasteiger partial charge in [0.05, 0.1) is 12.7 Å². The molecular weight excluding hydrogens is 332 g/mol. The molecule has 26 heavy (non-hydrogen) atoms. The predicted octanol–water partition coefficient (Wildman–Crippen LogP) is 4.02. The Morgan fingerprint density at radius 1 is 1.15 bits per heavy atom. The summed E-state index contributed by atoms with van der Waals surface area (Å²) in [5.74, 6) is 0.206. The van der Waals surface area contributed by atoms with Crippen LogP contribution in [0.4, 0.5) is 0 Å². The van der Waals surface area contributed by atoms with Crippen LogP contribution >= 0.6 is 0 Å². The maximum absolute atomic E-state index is 12.6. The lowest BCUT2D eigenvalue weighted by molar-refractivity contribution is 0.104. The van der Waals surface area contributed by atoms with Gasteiger partial charge in [-0.15, -0.1) is 0 Å². The van der Waals surface area contributed by atoms with Crippen LogP contribution in [0.5, 0.6) is 11.5 Å². The number of phenolic OH excluding ortho intramolecular Hbond substituents is 1. The van der Waals surface area contributed by atoms with Crippen LogP contribution in [0.2, 0.25) is 0 Å². The Kier molecular flexibility index (Phi) is 4.63. The van der Waals surface area contributed by atoms with Gasteiger partial charge in [-0.25, -0.2) is 4.79 Å². The molecule has 0 bridgehead atoms. The molecule has 0 aliphatic rings. The lowest BCUT2D eigenvalue weighted by atomic mass is 9.99. The van der Waals surface area contributed by atoms with Crippen molar-refractivity contribution in [2.75, 3.05) is 7.11 Å². The summed E-state index contributed by atoms with van der Waals surface area (Å²) < 4.78 is 10.3. The molecule has 0 spiro atoms. The SMILES string of the molecule is COc1ccc(/C=C/C(=O)c2cc3c(C)cc(=O)oc3c(C)c2O)cc1. The second-order valence-corrected chi connectivity index (χ2v) is 5.99. The van der Waals surface area contributed by atoms with Gasteiger partial charge in [-0.3, -0.25) is 4.79 Å². The molecule has 0 fully saturated rings. The molecule has 0 radical (unpaired) electrons. The number of aromatic hydroxyl groups is 1. The second-order valence-electron chi connectivity index (χ2n) is 5.99. The summed E-state index contributed by atoms with van der Waals surface area (Å²) in [4.78, 5) is 24.1. The van der Waals surface area contributed by atoms with Gasteiger partial charge in [0.1, 0.15) is 17.1 Å². The highest BCUT2D eigenvalue weighted by atomic mass is 16.5. The number of carbonyl (C=O) groups is 1. The quantitative estimate of drug-likeness (QED) is 0.437. The Bertz CT molecular complexity index is 1070. The first-order valence-corrected chi connectivity index (χ1v) is 8.04. The molecule has 1 N–H and O–H groups in total. The van der Waals surface area contributed by atoms with Crippen molar-refractivity contribution >= 4 is 22.8 Å². The number of hydrogen-bond donors (Lipinski definition) is 1. The standard InChI is InChI=1S/C21H18O5/c1-12-10-19(23)26-21-13(2)20(24)17(11-16(12)21)18(22)9-6-14-4-7-15(25-3)8-5-14/h4-11,24H,1-3H3/b9-6+. The van der Waals surface area contributed by atoms with Crippen molar-refractivity contribution in [2.45, 2.75) is 13.8 Å². The van der Waals surface area contributed by atoms with Gasteiger partial charge in [-0.1, -0.05) is 18.2 Å². The Hall–Kier alpha value is -3.34. The molecule has 0 aliphatic carbocycles. The van der Waals surface area contributed by atoms with Crippen LogP contribution in [0.1, 0.15) is 27.0 Å². The van der Waals surface area contributed by atoms with E-state index in [1.807, 2.05) is 12.1 Å². The third-order valence-electron chi connectivity index (χ3n) is 4.25. The molecule has 1 heterocycles. The first-order chi connectivity index (χ1) is 12.4. The van der Waals surface area contributed by atoms with E-state index in [0.29, 0.717) is 22.1 Å². The van der Waals surface area contributed by atoms with Crippen LogP contribution in [0.3, 0.4) is 0 Å². The van der Waals surface area contributed by atoms with Crippen molar-refractivity contribution in [3.8, 4) is 11.5 Å². The lowest BCUT2D eigenvalue weighted by Crippen LogP contribution is -2.02. The van der Waals surface area contributed by atoms with E-state index >= 15 is 0 Å². The molecule has 5 heteroatoms. The molecular formula is C21H18O5. The van der Waals surface area contributed by atoms with Gasteiger partial charge in [0.2, 0.25) is 0 Å². The molecule has 132 valence electrons. The van der Waals surface area contributed by atoms with Gasteiger partial charge in [0.25, 0.3) is 0 Å². The third kappa shape index (κ3) is 3.24. The van der Waals surface area contributed by atoms with Crippen molar-refractivity contribution in [2.24, 2.45) is 0 Å². The van der Waals surface area contributed by atoms with Crippen LogP contribution < -0.4 is 10.4 Å². The minimum atomic E-state index is -0.490. The summed E-state index contributed by atoms with van der Waals surface area (Å²) in [6.45, 7) is 3.38. The van der Waals surface area contributed by atoms with Gasteiger partial charge >= 0.3 is 5.63 Å². The number of hydrogen-bond acceptors (Lipinski definition) is 5. The van der Waals surface area contributed by atoms with E-state index in [2.05, 4.69) is 0 Å². The summed E-state index contributed by atoms with van der Waals surface area (Å²) in [6.07, 6.45) is 3.06. The maximum atomic E-state index is 12.6. The van der Waals surface area contributed by atoms with E-state index in [1.165, 1.54) is 12.1 Å². The van der Waals surface area contributed by atoms with Gasteiger partial charge in [-0.2, -0.15) is 0 Å². The molecule has 0 atom stereocenters. The van der Waals surface area contributed by atoms with Crippen LogP contribution in [-0.4, -0.2) is 18.0 Å². The number of benzene rings is 2. The molecule has 2 aromatic carbocycles. The minimum absolute atomic E-state index is 0.164. The molecule has 0 saturated carbocycles. The van der Waals surface area contributed by atoms with Gasteiger partial charge in [-0.05, 0) is 49.2 Å². The highest BCUT2D eigenvalue weighted by Crippen LogP contribution is 2.32. The number of ether oxygens (including phenoxy) is 1. The fraction of sp³-hybridized carbons (Fsp3) is 0.143. The molecule has 5 nitrogen and oxygen atoms in total. The van der Waals surface area contributed by atoms with Crippen molar-refractivity contribution in [3.05, 3.63) is 75.1 Å². The predicted molar refractivity (Wildman–Crippen MR) is 100.0 cm³/mol. The molecule has 3 aromatic rings. The largest absolute Gasteiger partial charge is 0.507 e. The van der Waals surface area contributed by atoms with E-state index in [-0.39, 0.29) is 17.1 Å². The molecule has 3 rings (SSSR count). The zero-order valence-corrected chi connectivity index (χ0v) is 14.7. The van der Waals surface area contributed by atoms with Crippen molar-refractivity contribution in [3.63, 3.8) is 0 Å². The second kappa shape index (κ2) is 6.88. The van der Waals surface area contributed by atoms with E-state index in [4.69, 9.17) is 9.15 Å². The van der Waals surface area contributed by atoms with Crippen molar-refractivity contribution in [1.82, 2.24) is 0 Å². The van der Waals surface area contributed by atoms with Crippen LogP contribution in [0.25, 0.3) is 17.0 Å². The summed E-state index contributed by atoms with van der Waals surface area (Å²) in [6, 6.07) is 10.2. The topological polar surface area (TPSA) is 76.7 Å². The summed E-state index contributed by atoms with van der Waals surface area (Å²) >= 11 is 0.